The van der Waals surface area contributed by atoms with Crippen molar-refractivity contribution >= 4 is 41.1 Å². The molecule has 132 valence electrons. The minimum atomic E-state index is 0.149. The summed E-state index contributed by atoms with van der Waals surface area (Å²) >= 11 is 8.32. The smallest absolute Gasteiger partial charge is 0.184 e. The Labute approximate surface area is 166 Å². The molecule has 1 aliphatic rings. The quantitative estimate of drug-likeness (QED) is 0.322. The van der Waals surface area contributed by atoms with Gasteiger partial charge in [-0.25, -0.2) is 4.68 Å². The second kappa shape index (κ2) is 7.86. The molecule has 1 aliphatic carbocycles. The average molecular weight is 399 g/mol. The molecule has 0 spiro atoms. The van der Waals surface area contributed by atoms with E-state index in [9.17, 15) is 4.79 Å². The molecule has 4 rings (SSSR count). The van der Waals surface area contributed by atoms with Crippen molar-refractivity contribution in [3.8, 4) is 5.69 Å². The Kier molecular flexibility index (Phi) is 5.33. The highest BCUT2D eigenvalue weighted by Gasteiger charge is 2.14. The number of aryl methyl sites for hydroxylation is 2. The van der Waals surface area contributed by atoms with E-state index in [4.69, 9.17) is 12.2 Å². The molecule has 1 aromatic heterocycles. The Hall–Kier alpha value is -1.76. The van der Waals surface area contributed by atoms with E-state index in [1.54, 1.807) is 4.68 Å². The second-order valence-electron chi connectivity index (χ2n) is 6.28. The third kappa shape index (κ3) is 3.82. The highest BCUT2D eigenvalue weighted by atomic mass is 32.2. The lowest BCUT2D eigenvalue weighted by Crippen LogP contribution is -2.07. The van der Waals surface area contributed by atoms with Crippen molar-refractivity contribution in [3.05, 3.63) is 69.2 Å². The predicted molar refractivity (Wildman–Crippen MR) is 110 cm³/mol. The number of hydrogen-bond acceptors (Lipinski definition) is 5. The van der Waals surface area contributed by atoms with Gasteiger partial charge in [-0.2, -0.15) is 0 Å². The lowest BCUT2D eigenvalue weighted by Gasteiger charge is -2.16. The molecule has 0 aliphatic heterocycles. The number of fused-ring (bicyclic) bond motifs is 1. The molecule has 1 heterocycles. The summed E-state index contributed by atoms with van der Waals surface area (Å²) in [5, 5.41) is 4.56. The number of thioether (sulfide) groups is 1. The van der Waals surface area contributed by atoms with Crippen LogP contribution in [0, 0.1) is 3.95 Å². The van der Waals surface area contributed by atoms with Gasteiger partial charge in [0.25, 0.3) is 0 Å². The van der Waals surface area contributed by atoms with Crippen LogP contribution in [0.5, 0.6) is 0 Å². The minimum absolute atomic E-state index is 0.149. The minimum Gasteiger partial charge on any atom is -0.293 e. The van der Waals surface area contributed by atoms with E-state index >= 15 is 0 Å². The first-order valence-corrected chi connectivity index (χ1v) is 10.8. The van der Waals surface area contributed by atoms with Crippen molar-refractivity contribution in [2.75, 3.05) is 5.75 Å². The number of para-hydroxylation sites is 1. The number of Topliss-reactive ketones (excluding diaryl/α,β-unsaturated/α-hetero) is 1. The Balaban J connectivity index is 1.46. The Morgan fingerprint density at radius 3 is 2.69 bits per heavy atom. The van der Waals surface area contributed by atoms with Gasteiger partial charge in [-0.15, -0.1) is 5.10 Å². The van der Waals surface area contributed by atoms with E-state index in [1.165, 1.54) is 47.1 Å². The van der Waals surface area contributed by atoms with Crippen LogP contribution in [0.2, 0.25) is 0 Å². The van der Waals surface area contributed by atoms with Gasteiger partial charge in [0.05, 0.1) is 11.4 Å². The lowest BCUT2D eigenvalue weighted by atomic mass is 9.90. The molecule has 0 atom stereocenters. The van der Waals surface area contributed by atoms with Crippen LogP contribution in [0.4, 0.5) is 0 Å². The molecule has 3 aromatic rings. The van der Waals surface area contributed by atoms with E-state index in [-0.39, 0.29) is 5.78 Å². The van der Waals surface area contributed by atoms with Crippen molar-refractivity contribution < 1.29 is 4.79 Å². The molecule has 2 aromatic carbocycles. The van der Waals surface area contributed by atoms with Crippen molar-refractivity contribution in [3.63, 3.8) is 0 Å². The van der Waals surface area contributed by atoms with Crippen LogP contribution >= 0.6 is 35.3 Å². The SMILES string of the molecule is O=C(CSc1nn(-c2ccccc2)c(=S)s1)c1ccc2c(c1)CCCC2. The normalized spacial score (nSPS) is 13.4. The highest BCUT2D eigenvalue weighted by molar-refractivity contribution is 8.01. The predicted octanol–water partition coefficient (Wildman–Crippen LogP) is 5.52. The number of benzene rings is 2. The van der Waals surface area contributed by atoms with Crippen molar-refractivity contribution in [1.82, 2.24) is 9.78 Å². The summed E-state index contributed by atoms with van der Waals surface area (Å²) in [5.74, 6) is 0.534. The molecule has 0 unspecified atom stereocenters. The molecule has 26 heavy (non-hydrogen) atoms. The molecule has 0 saturated heterocycles. The molecule has 3 nitrogen and oxygen atoms in total. The number of rotatable bonds is 5. The number of carbonyl (C=O) groups is 1. The fourth-order valence-corrected chi connectivity index (χ4v) is 5.42. The van der Waals surface area contributed by atoms with Crippen molar-refractivity contribution in [1.29, 1.82) is 0 Å². The van der Waals surface area contributed by atoms with Gasteiger partial charge >= 0.3 is 0 Å². The van der Waals surface area contributed by atoms with Crippen LogP contribution in [0.15, 0.2) is 52.9 Å². The lowest BCUT2D eigenvalue weighted by molar-refractivity contribution is 0.102. The van der Waals surface area contributed by atoms with Crippen molar-refractivity contribution in [2.45, 2.75) is 30.0 Å². The number of aromatic nitrogens is 2. The van der Waals surface area contributed by atoms with E-state index < -0.39 is 0 Å². The zero-order valence-electron chi connectivity index (χ0n) is 14.2. The monoisotopic (exact) mass is 398 g/mol. The van der Waals surface area contributed by atoms with Gasteiger partial charge in [-0.3, -0.25) is 4.79 Å². The van der Waals surface area contributed by atoms with Crippen LogP contribution in [0.25, 0.3) is 5.69 Å². The first kappa shape index (κ1) is 17.6. The maximum atomic E-state index is 12.6. The van der Waals surface area contributed by atoms with E-state index in [0.29, 0.717) is 9.71 Å². The molecule has 0 bridgehead atoms. The zero-order chi connectivity index (χ0) is 17.9. The molecule has 0 amide bonds. The summed E-state index contributed by atoms with van der Waals surface area (Å²) < 4.78 is 3.27. The molecular weight excluding hydrogens is 380 g/mol. The van der Waals surface area contributed by atoms with Crippen LogP contribution in [0.1, 0.15) is 34.3 Å². The van der Waals surface area contributed by atoms with Gasteiger partial charge in [0.15, 0.2) is 14.1 Å². The third-order valence-corrected chi connectivity index (χ3v) is 6.89. The maximum Gasteiger partial charge on any atom is 0.184 e. The summed E-state index contributed by atoms with van der Waals surface area (Å²) in [6.45, 7) is 0. The van der Waals surface area contributed by atoms with Gasteiger partial charge in [-0.1, -0.05) is 53.4 Å². The van der Waals surface area contributed by atoms with Crippen LogP contribution in [-0.4, -0.2) is 21.3 Å². The molecule has 0 fully saturated rings. The number of carbonyl (C=O) groups excluding carboxylic acids is 1. The summed E-state index contributed by atoms with van der Waals surface area (Å²) in [5.41, 5.74) is 4.50. The summed E-state index contributed by atoms with van der Waals surface area (Å²) in [6, 6.07) is 16.0. The number of nitrogens with zero attached hydrogens (tertiary/aromatic N) is 2. The van der Waals surface area contributed by atoms with E-state index in [0.717, 1.165) is 28.4 Å². The molecular formula is C20H18N2OS3. The summed E-state index contributed by atoms with van der Waals surface area (Å²) in [6.07, 6.45) is 4.70. The first-order chi connectivity index (χ1) is 12.7. The topological polar surface area (TPSA) is 34.9 Å². The summed E-state index contributed by atoms with van der Waals surface area (Å²) in [7, 11) is 0. The Bertz CT molecular complexity index is 992. The van der Waals surface area contributed by atoms with Crippen molar-refractivity contribution in [2.24, 2.45) is 0 Å². The molecule has 6 heteroatoms. The number of hydrogen-bond donors (Lipinski definition) is 0. The van der Waals surface area contributed by atoms with Gasteiger partial charge in [0.2, 0.25) is 0 Å². The molecule has 0 saturated carbocycles. The van der Waals surface area contributed by atoms with Crippen LogP contribution < -0.4 is 0 Å². The Morgan fingerprint density at radius 2 is 1.88 bits per heavy atom. The summed E-state index contributed by atoms with van der Waals surface area (Å²) in [4.78, 5) is 12.6. The molecule has 0 radical (unpaired) electrons. The largest absolute Gasteiger partial charge is 0.293 e. The van der Waals surface area contributed by atoms with Gasteiger partial charge in [0.1, 0.15) is 0 Å². The standard InChI is InChI=1S/C20H18N2OS3/c23-18(16-11-10-14-6-4-5-7-15(14)12-16)13-25-19-21-22(20(24)26-19)17-8-2-1-3-9-17/h1-3,8-12H,4-7,13H2. The Morgan fingerprint density at radius 1 is 1.12 bits per heavy atom. The highest BCUT2D eigenvalue weighted by Crippen LogP contribution is 2.26. The van der Waals surface area contributed by atoms with E-state index in [1.807, 2.05) is 36.4 Å². The third-order valence-electron chi connectivity index (χ3n) is 4.53. The van der Waals surface area contributed by atoms with Gasteiger partial charge in [0, 0.05) is 5.56 Å². The van der Waals surface area contributed by atoms with E-state index in [2.05, 4.69) is 17.2 Å². The average Bonchev–Trinajstić information content (AvgIpc) is 3.07. The number of ketones is 1. The van der Waals surface area contributed by atoms with Crippen LogP contribution in [-0.2, 0) is 12.8 Å². The fourth-order valence-electron chi connectivity index (χ4n) is 3.17. The maximum absolute atomic E-state index is 12.6. The van der Waals surface area contributed by atoms with Crippen LogP contribution in [0.3, 0.4) is 0 Å². The fraction of sp³-hybridized carbons (Fsp3) is 0.250. The molecule has 0 N–H and O–H groups in total. The van der Waals surface area contributed by atoms with Gasteiger partial charge in [-0.05, 0) is 67.2 Å². The zero-order valence-corrected chi connectivity index (χ0v) is 16.6. The first-order valence-electron chi connectivity index (χ1n) is 8.64. The second-order valence-corrected chi connectivity index (χ2v) is 9.13. The van der Waals surface area contributed by atoms with Gasteiger partial charge < -0.3 is 0 Å².